The normalized spacial score (nSPS) is 11.0. The topological polar surface area (TPSA) is 37.8 Å². The summed E-state index contributed by atoms with van der Waals surface area (Å²) in [4.78, 5) is 8.97. The van der Waals surface area contributed by atoms with Gasteiger partial charge in [-0.05, 0) is 29.2 Å². The van der Waals surface area contributed by atoms with Crippen LogP contribution in [0.25, 0.3) is 11.0 Å². The summed E-state index contributed by atoms with van der Waals surface area (Å²) in [5.74, 6) is 1.37. The molecule has 0 radical (unpaired) electrons. The van der Waals surface area contributed by atoms with E-state index in [1.165, 1.54) is 11.1 Å². The maximum absolute atomic E-state index is 4.56. The van der Waals surface area contributed by atoms with Gasteiger partial charge in [0, 0.05) is 6.54 Å². The van der Waals surface area contributed by atoms with Gasteiger partial charge >= 0.3 is 0 Å². The molecule has 0 bridgehead atoms. The van der Waals surface area contributed by atoms with Gasteiger partial charge < -0.3 is 5.32 Å². The number of aromatic nitrogens is 2. The molecule has 21 heavy (non-hydrogen) atoms. The van der Waals surface area contributed by atoms with Gasteiger partial charge in [0.25, 0.3) is 0 Å². The first-order valence-electron chi connectivity index (χ1n) is 7.27. The fourth-order valence-corrected chi connectivity index (χ4v) is 2.26. The Morgan fingerprint density at radius 3 is 2.38 bits per heavy atom. The lowest BCUT2D eigenvalue weighted by atomic mass is 10.0. The van der Waals surface area contributed by atoms with Crippen LogP contribution in [0.4, 0.5) is 5.82 Å². The van der Waals surface area contributed by atoms with Gasteiger partial charge in [0.2, 0.25) is 0 Å². The lowest BCUT2D eigenvalue weighted by Crippen LogP contribution is -2.02. The SMILES string of the molecule is CC(C)c1ccc(CNc2cnc3ccccc3n2)cc1. The standard InChI is InChI=1S/C18H19N3/c1-13(2)15-9-7-14(8-10-15)11-20-18-12-19-16-5-3-4-6-17(16)21-18/h3-10,12-13H,11H2,1-2H3,(H,20,21). The Hall–Kier alpha value is -2.42. The number of hydrogen-bond donors (Lipinski definition) is 1. The summed E-state index contributed by atoms with van der Waals surface area (Å²) in [5, 5.41) is 3.33. The highest BCUT2D eigenvalue weighted by molar-refractivity contribution is 5.75. The van der Waals surface area contributed by atoms with Gasteiger partial charge in [0.05, 0.1) is 17.2 Å². The molecule has 0 spiro atoms. The summed E-state index contributed by atoms with van der Waals surface area (Å²) in [6.07, 6.45) is 1.78. The minimum Gasteiger partial charge on any atom is -0.365 e. The van der Waals surface area contributed by atoms with Crippen LogP contribution in [0, 0.1) is 0 Å². The van der Waals surface area contributed by atoms with E-state index in [9.17, 15) is 0 Å². The fraction of sp³-hybridized carbons (Fsp3) is 0.222. The summed E-state index contributed by atoms with van der Waals surface area (Å²) in [6, 6.07) is 16.6. The lowest BCUT2D eigenvalue weighted by Gasteiger charge is -2.09. The van der Waals surface area contributed by atoms with Crippen molar-refractivity contribution >= 4 is 16.9 Å². The molecule has 106 valence electrons. The number of hydrogen-bond acceptors (Lipinski definition) is 3. The number of anilines is 1. The van der Waals surface area contributed by atoms with E-state index in [2.05, 4.69) is 53.4 Å². The molecule has 1 aromatic heterocycles. The van der Waals surface area contributed by atoms with Crippen molar-refractivity contribution in [1.82, 2.24) is 9.97 Å². The van der Waals surface area contributed by atoms with Crippen LogP contribution >= 0.6 is 0 Å². The molecule has 0 aliphatic heterocycles. The smallest absolute Gasteiger partial charge is 0.145 e. The quantitative estimate of drug-likeness (QED) is 0.769. The second-order valence-corrected chi connectivity index (χ2v) is 5.49. The predicted molar refractivity (Wildman–Crippen MR) is 87.4 cm³/mol. The van der Waals surface area contributed by atoms with E-state index in [0.717, 1.165) is 23.4 Å². The van der Waals surface area contributed by atoms with Crippen LogP contribution in [-0.2, 0) is 6.54 Å². The Morgan fingerprint density at radius 2 is 1.67 bits per heavy atom. The van der Waals surface area contributed by atoms with Crippen LogP contribution in [-0.4, -0.2) is 9.97 Å². The molecule has 0 saturated heterocycles. The maximum atomic E-state index is 4.56. The molecule has 0 saturated carbocycles. The van der Waals surface area contributed by atoms with Crippen molar-refractivity contribution in [2.24, 2.45) is 0 Å². The minimum atomic E-state index is 0.568. The molecular weight excluding hydrogens is 258 g/mol. The number of fused-ring (bicyclic) bond motifs is 1. The van der Waals surface area contributed by atoms with Crippen molar-refractivity contribution in [2.75, 3.05) is 5.32 Å². The Labute approximate surface area is 125 Å². The molecule has 0 aliphatic rings. The second-order valence-electron chi connectivity index (χ2n) is 5.49. The van der Waals surface area contributed by atoms with E-state index in [1.807, 2.05) is 24.3 Å². The zero-order valence-electron chi connectivity index (χ0n) is 12.4. The van der Waals surface area contributed by atoms with Crippen molar-refractivity contribution < 1.29 is 0 Å². The highest BCUT2D eigenvalue weighted by atomic mass is 15.0. The molecule has 3 aromatic rings. The Balaban J connectivity index is 1.71. The van der Waals surface area contributed by atoms with Crippen LogP contribution < -0.4 is 5.32 Å². The van der Waals surface area contributed by atoms with Crippen LogP contribution in [0.1, 0.15) is 30.9 Å². The van der Waals surface area contributed by atoms with Crippen LogP contribution in [0.15, 0.2) is 54.7 Å². The molecule has 3 heteroatoms. The van der Waals surface area contributed by atoms with Crippen LogP contribution in [0.5, 0.6) is 0 Å². The first-order valence-corrected chi connectivity index (χ1v) is 7.27. The third-order valence-corrected chi connectivity index (χ3v) is 3.57. The van der Waals surface area contributed by atoms with Crippen molar-refractivity contribution in [1.29, 1.82) is 0 Å². The average molecular weight is 277 g/mol. The van der Waals surface area contributed by atoms with Gasteiger partial charge in [-0.3, -0.25) is 4.98 Å². The fourth-order valence-electron chi connectivity index (χ4n) is 2.26. The summed E-state index contributed by atoms with van der Waals surface area (Å²) >= 11 is 0. The van der Waals surface area contributed by atoms with Crippen LogP contribution in [0.3, 0.4) is 0 Å². The summed E-state index contributed by atoms with van der Waals surface area (Å²) in [5.41, 5.74) is 4.44. The van der Waals surface area contributed by atoms with Gasteiger partial charge in [-0.2, -0.15) is 0 Å². The Bertz CT molecular complexity index is 733. The maximum Gasteiger partial charge on any atom is 0.145 e. The van der Waals surface area contributed by atoms with E-state index in [1.54, 1.807) is 6.20 Å². The van der Waals surface area contributed by atoms with E-state index in [-0.39, 0.29) is 0 Å². The largest absolute Gasteiger partial charge is 0.365 e. The van der Waals surface area contributed by atoms with E-state index >= 15 is 0 Å². The van der Waals surface area contributed by atoms with E-state index in [4.69, 9.17) is 0 Å². The van der Waals surface area contributed by atoms with Gasteiger partial charge in [0.1, 0.15) is 5.82 Å². The Morgan fingerprint density at radius 1 is 0.952 bits per heavy atom. The zero-order chi connectivity index (χ0) is 14.7. The second kappa shape index (κ2) is 5.92. The first-order chi connectivity index (χ1) is 10.2. The number of para-hydroxylation sites is 2. The molecule has 3 rings (SSSR count). The zero-order valence-corrected chi connectivity index (χ0v) is 12.4. The first kappa shape index (κ1) is 13.6. The van der Waals surface area contributed by atoms with Gasteiger partial charge in [0.15, 0.2) is 0 Å². The highest BCUT2D eigenvalue weighted by Crippen LogP contribution is 2.16. The van der Waals surface area contributed by atoms with Crippen LogP contribution in [0.2, 0.25) is 0 Å². The molecule has 1 N–H and O–H groups in total. The van der Waals surface area contributed by atoms with Gasteiger partial charge in [-0.15, -0.1) is 0 Å². The van der Waals surface area contributed by atoms with E-state index in [0.29, 0.717) is 5.92 Å². The molecule has 2 aromatic carbocycles. The van der Waals surface area contributed by atoms with Gasteiger partial charge in [-0.1, -0.05) is 50.2 Å². The summed E-state index contributed by atoms with van der Waals surface area (Å²) in [7, 11) is 0. The van der Waals surface area contributed by atoms with Crippen molar-refractivity contribution in [3.05, 3.63) is 65.9 Å². The summed E-state index contributed by atoms with van der Waals surface area (Å²) < 4.78 is 0. The van der Waals surface area contributed by atoms with Crippen molar-refractivity contribution in [2.45, 2.75) is 26.3 Å². The number of nitrogens with one attached hydrogen (secondary N) is 1. The molecule has 3 nitrogen and oxygen atoms in total. The summed E-state index contributed by atoms with van der Waals surface area (Å²) in [6.45, 7) is 5.17. The van der Waals surface area contributed by atoms with E-state index < -0.39 is 0 Å². The third kappa shape index (κ3) is 3.19. The molecular formula is C18H19N3. The number of nitrogens with zero attached hydrogens (tertiary/aromatic N) is 2. The van der Waals surface area contributed by atoms with Crippen molar-refractivity contribution in [3.8, 4) is 0 Å². The molecule has 0 unspecified atom stereocenters. The number of benzene rings is 2. The highest BCUT2D eigenvalue weighted by Gasteiger charge is 2.01. The monoisotopic (exact) mass is 277 g/mol. The molecule has 0 aliphatic carbocycles. The third-order valence-electron chi connectivity index (χ3n) is 3.57. The molecule has 1 heterocycles. The van der Waals surface area contributed by atoms with Gasteiger partial charge in [-0.25, -0.2) is 4.98 Å². The molecule has 0 atom stereocenters. The minimum absolute atomic E-state index is 0.568. The Kier molecular flexibility index (Phi) is 3.82. The molecule has 0 amide bonds. The van der Waals surface area contributed by atoms with Crippen molar-refractivity contribution in [3.63, 3.8) is 0 Å². The lowest BCUT2D eigenvalue weighted by molar-refractivity contribution is 0.865. The molecule has 0 fully saturated rings. The number of rotatable bonds is 4. The average Bonchev–Trinajstić information content (AvgIpc) is 2.53. The predicted octanol–water partition coefficient (Wildman–Crippen LogP) is 4.37.